The van der Waals surface area contributed by atoms with Gasteiger partial charge in [0.05, 0.1) is 7.11 Å². The summed E-state index contributed by atoms with van der Waals surface area (Å²) in [4.78, 5) is 10.7. The van der Waals surface area contributed by atoms with Crippen LogP contribution in [0.1, 0.15) is 10.4 Å². The van der Waals surface area contributed by atoms with Crippen LogP contribution in [0.3, 0.4) is 0 Å². The Hall–Kier alpha value is -1.71. The van der Waals surface area contributed by atoms with E-state index in [-0.39, 0.29) is 11.3 Å². The molecular formula is C8H8NO3. The number of amides is 1. The van der Waals surface area contributed by atoms with Gasteiger partial charge in [0.1, 0.15) is 11.3 Å². The van der Waals surface area contributed by atoms with Crippen molar-refractivity contribution in [3.63, 3.8) is 0 Å². The summed E-state index contributed by atoms with van der Waals surface area (Å²) in [5.41, 5.74) is 4.87. The number of hydrogen-bond donors (Lipinski definition) is 1. The Morgan fingerprint density at radius 1 is 1.50 bits per heavy atom. The Balaban J connectivity index is 3.29. The zero-order valence-corrected chi connectivity index (χ0v) is 6.53. The van der Waals surface area contributed by atoms with Gasteiger partial charge in [-0.25, -0.2) is 0 Å². The van der Waals surface area contributed by atoms with Gasteiger partial charge in [-0.05, 0) is 12.1 Å². The molecular weight excluding hydrogens is 158 g/mol. The molecule has 2 N–H and O–H groups in total. The molecule has 1 rings (SSSR count). The van der Waals surface area contributed by atoms with Gasteiger partial charge in [0.2, 0.25) is 0 Å². The van der Waals surface area contributed by atoms with Crippen molar-refractivity contribution >= 4 is 5.91 Å². The average Bonchev–Trinajstić information content (AvgIpc) is 2.03. The number of nitrogens with two attached hydrogens (primary N) is 1. The zero-order valence-electron chi connectivity index (χ0n) is 6.53. The molecule has 0 spiro atoms. The first-order chi connectivity index (χ1) is 5.66. The van der Waals surface area contributed by atoms with Gasteiger partial charge in [0, 0.05) is 0 Å². The maximum atomic E-state index is 11.1. The molecule has 0 fully saturated rings. The largest absolute Gasteiger partial charge is 0.496 e. The van der Waals surface area contributed by atoms with E-state index in [1.807, 2.05) is 0 Å². The Morgan fingerprint density at radius 3 is 2.58 bits per heavy atom. The van der Waals surface area contributed by atoms with Crippen LogP contribution in [-0.4, -0.2) is 13.0 Å². The molecule has 0 bridgehead atoms. The molecule has 4 nitrogen and oxygen atoms in total. The Morgan fingerprint density at radius 2 is 2.17 bits per heavy atom. The van der Waals surface area contributed by atoms with Crippen LogP contribution in [0, 0.1) is 0 Å². The molecule has 0 unspecified atom stereocenters. The predicted molar refractivity (Wildman–Crippen MR) is 41.6 cm³/mol. The first kappa shape index (κ1) is 8.39. The third-order valence-corrected chi connectivity index (χ3v) is 1.45. The van der Waals surface area contributed by atoms with Gasteiger partial charge < -0.3 is 10.5 Å². The van der Waals surface area contributed by atoms with Gasteiger partial charge in [0.25, 0.3) is 5.91 Å². The fourth-order valence-electron chi connectivity index (χ4n) is 0.924. The highest BCUT2D eigenvalue weighted by Crippen LogP contribution is 2.26. The molecule has 0 aliphatic heterocycles. The van der Waals surface area contributed by atoms with Gasteiger partial charge in [-0.1, -0.05) is 6.07 Å². The van der Waals surface area contributed by atoms with Crippen molar-refractivity contribution in [1.82, 2.24) is 0 Å². The summed E-state index contributed by atoms with van der Waals surface area (Å²) in [6, 6.07) is 4.29. The number of methoxy groups -OCH3 is 1. The SMILES string of the molecule is COc1cccc([O])c1C(N)=O. The summed E-state index contributed by atoms with van der Waals surface area (Å²) in [6.07, 6.45) is 0. The van der Waals surface area contributed by atoms with Gasteiger partial charge in [-0.15, -0.1) is 0 Å². The van der Waals surface area contributed by atoms with E-state index in [0.717, 1.165) is 0 Å². The molecule has 63 valence electrons. The van der Waals surface area contributed by atoms with Crippen molar-refractivity contribution < 1.29 is 14.6 Å². The van der Waals surface area contributed by atoms with Crippen LogP contribution < -0.4 is 10.5 Å². The summed E-state index contributed by atoms with van der Waals surface area (Å²) >= 11 is 0. The van der Waals surface area contributed by atoms with Gasteiger partial charge in [0.15, 0.2) is 5.75 Å². The zero-order chi connectivity index (χ0) is 9.14. The van der Waals surface area contributed by atoms with E-state index in [0.29, 0.717) is 0 Å². The molecule has 0 heterocycles. The molecule has 4 heteroatoms. The quantitative estimate of drug-likeness (QED) is 0.710. The molecule has 1 amide bonds. The smallest absolute Gasteiger partial charge is 0.256 e. The van der Waals surface area contributed by atoms with Crippen molar-refractivity contribution in [2.45, 2.75) is 0 Å². The van der Waals surface area contributed by atoms with E-state index in [1.165, 1.54) is 25.3 Å². The van der Waals surface area contributed by atoms with Crippen LogP contribution in [0.5, 0.6) is 11.5 Å². The second-order valence-corrected chi connectivity index (χ2v) is 2.20. The summed E-state index contributed by atoms with van der Waals surface area (Å²) in [7, 11) is 1.38. The standard InChI is InChI=1S/C8H8NO3/c1-12-6-4-2-3-5(10)7(6)8(9)11/h2-4H,1H3,(H2,9,11). The third-order valence-electron chi connectivity index (χ3n) is 1.45. The van der Waals surface area contributed by atoms with Crippen LogP contribution in [0.2, 0.25) is 0 Å². The van der Waals surface area contributed by atoms with Crippen LogP contribution in [0.25, 0.3) is 0 Å². The van der Waals surface area contributed by atoms with Crippen molar-refractivity contribution in [2.75, 3.05) is 7.11 Å². The molecule has 1 aromatic carbocycles. The van der Waals surface area contributed by atoms with E-state index < -0.39 is 11.7 Å². The molecule has 0 aliphatic carbocycles. The minimum absolute atomic E-state index is 0.0972. The minimum atomic E-state index is -0.766. The highest BCUT2D eigenvalue weighted by molar-refractivity contribution is 5.98. The molecule has 0 aromatic heterocycles. The second kappa shape index (κ2) is 3.13. The highest BCUT2D eigenvalue weighted by atomic mass is 16.5. The lowest BCUT2D eigenvalue weighted by Gasteiger charge is -2.04. The summed E-state index contributed by atoms with van der Waals surface area (Å²) in [5, 5.41) is 11.1. The Kier molecular flexibility index (Phi) is 2.19. The van der Waals surface area contributed by atoms with Crippen LogP contribution in [-0.2, 0) is 5.11 Å². The monoisotopic (exact) mass is 166 g/mol. The van der Waals surface area contributed by atoms with E-state index in [2.05, 4.69) is 0 Å². The van der Waals surface area contributed by atoms with E-state index in [4.69, 9.17) is 10.5 Å². The number of carbonyl (C=O) groups excluding carboxylic acids is 1. The topological polar surface area (TPSA) is 72.2 Å². The van der Waals surface area contributed by atoms with Crippen LogP contribution >= 0.6 is 0 Å². The van der Waals surface area contributed by atoms with Crippen molar-refractivity contribution in [1.29, 1.82) is 0 Å². The van der Waals surface area contributed by atoms with Gasteiger partial charge in [-0.2, -0.15) is 0 Å². The summed E-state index contributed by atoms with van der Waals surface area (Å²) in [6.45, 7) is 0. The number of rotatable bonds is 2. The molecule has 12 heavy (non-hydrogen) atoms. The van der Waals surface area contributed by atoms with Gasteiger partial charge >= 0.3 is 0 Å². The molecule has 1 aromatic rings. The van der Waals surface area contributed by atoms with E-state index in [9.17, 15) is 9.90 Å². The number of benzene rings is 1. The maximum absolute atomic E-state index is 11.1. The number of hydrogen-bond acceptors (Lipinski definition) is 2. The molecule has 0 saturated heterocycles. The molecule has 0 saturated carbocycles. The summed E-state index contributed by atoms with van der Waals surface area (Å²) < 4.78 is 4.79. The van der Waals surface area contributed by atoms with Gasteiger partial charge in [-0.3, -0.25) is 9.90 Å². The lowest BCUT2D eigenvalue weighted by atomic mass is 10.1. The first-order valence-electron chi connectivity index (χ1n) is 3.30. The van der Waals surface area contributed by atoms with E-state index >= 15 is 0 Å². The lowest BCUT2D eigenvalue weighted by molar-refractivity contribution is 0.0993. The fourth-order valence-corrected chi connectivity index (χ4v) is 0.924. The summed E-state index contributed by atoms with van der Waals surface area (Å²) in [5.74, 6) is -0.964. The predicted octanol–water partition coefficient (Wildman–Crippen LogP) is 0.938. The molecule has 0 atom stereocenters. The first-order valence-corrected chi connectivity index (χ1v) is 3.30. The van der Waals surface area contributed by atoms with Crippen LogP contribution in [0.15, 0.2) is 18.2 Å². The Bertz CT molecular complexity index is 309. The van der Waals surface area contributed by atoms with Crippen molar-refractivity contribution in [3.8, 4) is 11.5 Å². The highest BCUT2D eigenvalue weighted by Gasteiger charge is 2.14. The Labute approximate surface area is 69.6 Å². The number of primary amides is 1. The maximum Gasteiger partial charge on any atom is 0.256 e. The normalized spacial score (nSPS) is 9.42. The van der Waals surface area contributed by atoms with Crippen molar-refractivity contribution in [2.24, 2.45) is 5.73 Å². The fraction of sp³-hybridized carbons (Fsp3) is 0.125. The second-order valence-electron chi connectivity index (χ2n) is 2.20. The minimum Gasteiger partial charge on any atom is -0.496 e. The molecule has 0 aliphatic rings. The third kappa shape index (κ3) is 1.32. The average molecular weight is 166 g/mol. The van der Waals surface area contributed by atoms with Crippen LogP contribution in [0.4, 0.5) is 0 Å². The number of carbonyl (C=O) groups is 1. The lowest BCUT2D eigenvalue weighted by Crippen LogP contribution is -2.12. The number of ether oxygens (including phenoxy) is 1. The van der Waals surface area contributed by atoms with E-state index in [1.54, 1.807) is 0 Å². The molecule has 1 radical (unpaired) electrons. The van der Waals surface area contributed by atoms with Crippen molar-refractivity contribution in [3.05, 3.63) is 23.8 Å².